The van der Waals surface area contributed by atoms with E-state index < -0.39 is 23.6 Å². The van der Waals surface area contributed by atoms with E-state index in [0.717, 1.165) is 0 Å². The van der Waals surface area contributed by atoms with Gasteiger partial charge in [-0.05, 0) is 36.1 Å². The van der Waals surface area contributed by atoms with Gasteiger partial charge in [-0.15, -0.1) is 0 Å². The maximum absolute atomic E-state index is 13.2. The fourth-order valence-electron chi connectivity index (χ4n) is 4.51. The van der Waals surface area contributed by atoms with Crippen LogP contribution in [0.2, 0.25) is 0 Å². The second kappa shape index (κ2) is 12.9. The van der Waals surface area contributed by atoms with Crippen molar-refractivity contribution in [1.29, 1.82) is 0 Å². The molecule has 0 fully saturated rings. The van der Waals surface area contributed by atoms with E-state index in [2.05, 4.69) is 31.2 Å². The summed E-state index contributed by atoms with van der Waals surface area (Å²) in [7, 11) is 0. The smallest absolute Gasteiger partial charge is 0.270 e. The highest BCUT2D eigenvalue weighted by atomic mass is 16.5. The molecule has 44 heavy (non-hydrogen) atoms. The number of amides is 4. The molecule has 0 unspecified atom stereocenters. The summed E-state index contributed by atoms with van der Waals surface area (Å²) in [5.41, 5.74) is 1.28. The average molecular weight is 599 g/mol. The number of hydrogen-bond acceptors (Lipinski definition) is 8. The monoisotopic (exact) mass is 598 g/mol. The highest BCUT2D eigenvalue weighted by Crippen LogP contribution is 2.32. The highest BCUT2D eigenvalue weighted by Gasteiger charge is 2.21. The molecular formula is C32H34N6O6. The molecule has 3 heterocycles. The molecule has 0 atom stereocenters. The Labute approximate surface area is 253 Å². The second-order valence-corrected chi connectivity index (χ2v) is 11.3. The molecule has 1 aliphatic heterocycles. The number of rotatable bonds is 6. The first-order valence-electron chi connectivity index (χ1n) is 14.4. The predicted molar refractivity (Wildman–Crippen MR) is 166 cm³/mol. The zero-order valence-corrected chi connectivity index (χ0v) is 24.9. The van der Waals surface area contributed by atoms with Crippen LogP contribution in [0.1, 0.15) is 48.7 Å². The Hall–Kier alpha value is -5.26. The summed E-state index contributed by atoms with van der Waals surface area (Å²) >= 11 is 0. The number of aromatic nitrogens is 2. The van der Waals surface area contributed by atoms with Gasteiger partial charge in [0.05, 0.1) is 48.7 Å². The Balaban J connectivity index is 1.56. The number of benzene rings is 2. The number of nitrogens with zero attached hydrogens (tertiary/aromatic N) is 2. The van der Waals surface area contributed by atoms with Crippen LogP contribution in [0.4, 0.5) is 11.4 Å². The molecule has 0 saturated heterocycles. The summed E-state index contributed by atoms with van der Waals surface area (Å²) < 4.78 is 12.0. The number of fused-ring (bicyclic) bond motifs is 2. The third-order valence-electron chi connectivity index (χ3n) is 6.58. The lowest BCUT2D eigenvalue weighted by atomic mass is 10.1. The molecule has 2 aromatic carbocycles. The van der Waals surface area contributed by atoms with E-state index in [4.69, 9.17) is 9.47 Å². The number of hydrogen-bond donors (Lipinski definition) is 4. The van der Waals surface area contributed by atoms with Gasteiger partial charge in [-0.3, -0.25) is 19.2 Å². The highest BCUT2D eigenvalue weighted by molar-refractivity contribution is 6.08. The molecule has 0 saturated carbocycles. The van der Waals surface area contributed by atoms with Gasteiger partial charge in [-0.2, -0.15) is 0 Å². The molecule has 4 N–H and O–H groups in total. The molecule has 0 radical (unpaired) electrons. The fourth-order valence-corrected chi connectivity index (χ4v) is 4.51. The van der Waals surface area contributed by atoms with E-state index >= 15 is 0 Å². The normalized spacial score (nSPS) is 14.3. The van der Waals surface area contributed by atoms with Crippen molar-refractivity contribution in [1.82, 2.24) is 20.6 Å². The molecule has 5 rings (SSSR count). The number of nitrogens with one attached hydrogen (secondary N) is 4. The van der Waals surface area contributed by atoms with Crippen molar-refractivity contribution in [2.45, 2.75) is 27.7 Å². The topological polar surface area (TPSA) is 161 Å². The van der Waals surface area contributed by atoms with Gasteiger partial charge in [0.2, 0.25) is 11.8 Å². The lowest BCUT2D eigenvalue weighted by Crippen LogP contribution is -2.34. The Bertz CT molecular complexity index is 1640. The molecular weight excluding hydrogens is 564 g/mol. The van der Waals surface area contributed by atoms with Crippen LogP contribution in [0.5, 0.6) is 11.5 Å². The lowest BCUT2D eigenvalue weighted by Gasteiger charge is -2.17. The summed E-state index contributed by atoms with van der Waals surface area (Å²) in [6, 6.07) is 13.3. The quantitative estimate of drug-likeness (QED) is 0.260. The van der Waals surface area contributed by atoms with Gasteiger partial charge >= 0.3 is 0 Å². The van der Waals surface area contributed by atoms with Crippen molar-refractivity contribution in [2.75, 3.05) is 36.9 Å². The molecule has 4 bridgehead atoms. The Morgan fingerprint density at radius 3 is 1.45 bits per heavy atom. The van der Waals surface area contributed by atoms with Crippen LogP contribution in [-0.2, 0) is 9.59 Å². The number of pyridine rings is 2. The molecule has 4 amide bonds. The van der Waals surface area contributed by atoms with Gasteiger partial charge in [-0.25, -0.2) is 9.97 Å². The van der Waals surface area contributed by atoms with Crippen LogP contribution < -0.4 is 30.7 Å². The maximum atomic E-state index is 13.2. The van der Waals surface area contributed by atoms with E-state index in [9.17, 15) is 19.2 Å². The molecule has 2 aromatic heterocycles. The van der Waals surface area contributed by atoms with Crippen LogP contribution in [0.25, 0.3) is 21.8 Å². The Kier molecular flexibility index (Phi) is 8.88. The first-order chi connectivity index (χ1) is 21.1. The first-order valence-corrected chi connectivity index (χ1v) is 14.4. The van der Waals surface area contributed by atoms with Crippen LogP contribution >= 0.6 is 0 Å². The summed E-state index contributed by atoms with van der Waals surface area (Å²) in [6.45, 7) is 8.01. The molecule has 12 nitrogen and oxygen atoms in total. The molecule has 4 aromatic rings. The third-order valence-corrected chi connectivity index (χ3v) is 6.58. The van der Waals surface area contributed by atoms with Crippen LogP contribution in [-0.4, -0.2) is 59.9 Å². The van der Waals surface area contributed by atoms with Crippen molar-refractivity contribution in [3.63, 3.8) is 0 Å². The lowest BCUT2D eigenvalue weighted by molar-refractivity contribution is -0.116. The zero-order chi connectivity index (χ0) is 31.4. The van der Waals surface area contributed by atoms with Gasteiger partial charge in [0.25, 0.3) is 11.8 Å². The van der Waals surface area contributed by atoms with Crippen LogP contribution in [0, 0.1) is 11.8 Å². The second-order valence-electron chi connectivity index (χ2n) is 11.3. The third kappa shape index (κ3) is 6.86. The van der Waals surface area contributed by atoms with Crippen LogP contribution in [0.3, 0.4) is 0 Å². The summed E-state index contributed by atoms with van der Waals surface area (Å²) in [5.74, 6) is -1.01. The summed E-state index contributed by atoms with van der Waals surface area (Å²) in [5, 5.41) is 11.9. The summed E-state index contributed by atoms with van der Waals surface area (Å²) in [4.78, 5) is 61.5. The minimum absolute atomic E-state index is 0.00332. The zero-order valence-electron chi connectivity index (χ0n) is 24.9. The standard InChI is InChI=1S/C32H34N6O6/c1-17(2)15-43-25-11-23-31(41)33-13-28(40)36-22-10-6-8-20-26(44-16-18(3)4)12-24(38-30(20)22)32(42)34-14-27(39)35-21-9-5-7-19(25)29(21)37-23/h5-12,17-18H,13-16H2,1-4H3,(H,33,41)(H,34,42)(H,35,39)(H,36,40). The van der Waals surface area contributed by atoms with Gasteiger partial charge in [-0.1, -0.05) is 39.8 Å². The SMILES string of the molecule is CC(C)COc1cc2nc3c(cccc13)NC(=O)CNC(=O)c1cc(OCC(C)C)c3cccc(c3n1)NC(=O)CNC2=O. The number of ether oxygens (including phenoxy) is 2. The van der Waals surface area contributed by atoms with Gasteiger partial charge in [0, 0.05) is 22.9 Å². The predicted octanol–water partition coefficient (Wildman–Crippen LogP) is 3.90. The van der Waals surface area contributed by atoms with Crippen LogP contribution in [0.15, 0.2) is 48.5 Å². The van der Waals surface area contributed by atoms with Crippen molar-refractivity contribution in [3.8, 4) is 11.5 Å². The maximum Gasteiger partial charge on any atom is 0.270 e. The minimum atomic E-state index is -0.603. The number of carbonyl (C=O) groups excluding carboxylic acids is 4. The molecule has 1 aliphatic rings. The first kappa shape index (κ1) is 30.2. The fraction of sp³-hybridized carbons (Fsp3) is 0.312. The summed E-state index contributed by atoms with van der Waals surface area (Å²) in [6.07, 6.45) is 0. The van der Waals surface area contributed by atoms with Gasteiger partial charge in [0.15, 0.2) is 0 Å². The molecule has 0 spiro atoms. The number of anilines is 2. The molecule has 0 aliphatic carbocycles. The van der Waals surface area contributed by atoms with Crippen molar-refractivity contribution in [2.24, 2.45) is 11.8 Å². The van der Waals surface area contributed by atoms with Gasteiger partial charge in [0.1, 0.15) is 22.9 Å². The van der Waals surface area contributed by atoms with Gasteiger partial charge < -0.3 is 30.7 Å². The van der Waals surface area contributed by atoms with Crippen molar-refractivity contribution in [3.05, 3.63) is 59.9 Å². The van der Waals surface area contributed by atoms with E-state index in [1.54, 1.807) is 36.4 Å². The molecule has 228 valence electrons. The van der Waals surface area contributed by atoms with Crippen molar-refractivity contribution >= 4 is 56.8 Å². The number of para-hydroxylation sites is 2. The Morgan fingerprint density at radius 1 is 0.659 bits per heavy atom. The number of carbonyl (C=O) groups is 4. The van der Waals surface area contributed by atoms with E-state index in [1.165, 1.54) is 12.1 Å². The minimum Gasteiger partial charge on any atom is -0.493 e. The Morgan fingerprint density at radius 2 is 1.07 bits per heavy atom. The van der Waals surface area contributed by atoms with E-state index in [-0.39, 0.29) is 36.3 Å². The van der Waals surface area contributed by atoms with E-state index in [0.29, 0.717) is 57.9 Å². The molecule has 12 heteroatoms. The van der Waals surface area contributed by atoms with E-state index in [1.807, 2.05) is 27.7 Å². The van der Waals surface area contributed by atoms with Crippen molar-refractivity contribution < 1.29 is 28.7 Å². The average Bonchev–Trinajstić information content (AvgIpc) is 2.99. The largest absolute Gasteiger partial charge is 0.493 e.